The van der Waals surface area contributed by atoms with Crippen molar-refractivity contribution in [1.29, 1.82) is 0 Å². The first-order valence-electron chi connectivity index (χ1n) is 25.4. The van der Waals surface area contributed by atoms with Gasteiger partial charge in [-0.2, -0.15) is 0 Å². The molecule has 0 aromatic heterocycles. The van der Waals surface area contributed by atoms with E-state index in [1.54, 1.807) is 54.6 Å². The molecular weight excluding hydrogens is 1200 g/mol. The molecule has 0 atom stereocenters. The number of hydrogen-bond acceptors (Lipinski definition) is 10. The van der Waals surface area contributed by atoms with Crippen molar-refractivity contribution in [2.45, 2.75) is 81.9 Å². The number of nitrogens with zero attached hydrogens (tertiary/aromatic N) is 4. The van der Waals surface area contributed by atoms with E-state index in [4.69, 9.17) is 28.9 Å². The quantitative estimate of drug-likeness (QED) is 0.0345. The van der Waals surface area contributed by atoms with Crippen molar-refractivity contribution in [2.24, 2.45) is 5.73 Å². The Balaban J connectivity index is 0.000000395. The number of anilines is 2. The summed E-state index contributed by atoms with van der Waals surface area (Å²) in [6, 6.07) is 30.6. The van der Waals surface area contributed by atoms with Gasteiger partial charge in [-0.3, -0.25) is 4.79 Å². The van der Waals surface area contributed by atoms with E-state index < -0.39 is 36.5 Å². The van der Waals surface area contributed by atoms with E-state index in [1.165, 1.54) is 54.6 Å². The summed E-state index contributed by atoms with van der Waals surface area (Å²) in [5.74, 6) is -2.33. The second-order valence-corrected chi connectivity index (χ2v) is 18.5. The van der Waals surface area contributed by atoms with Crippen LogP contribution in [0.5, 0.6) is 17.2 Å². The summed E-state index contributed by atoms with van der Waals surface area (Å²) in [6.45, 7) is 18.1. The first-order chi connectivity index (χ1) is 39.4. The molecule has 12 nitrogen and oxygen atoms in total. The summed E-state index contributed by atoms with van der Waals surface area (Å²) < 4.78 is 174. The van der Waals surface area contributed by atoms with Crippen molar-refractivity contribution in [3.8, 4) is 17.2 Å². The van der Waals surface area contributed by atoms with E-state index in [2.05, 4.69) is 34.1 Å². The molecule has 0 radical (unpaired) electrons. The standard InChI is InChI=1S/C19H16F4N2O.C19H20F4N2O.C12H14F3NO.C7H3F2N.CH2O3.2K.H/c1-24-15-4-7-18(17(20)12-15)25-10-8-14(9-11-25)13-2-5-16(6-3-13)26-19(21,22)23;20-17-11-13(12-24)1-6-18(17)25-9-7-15(8-10-25)14-2-4-16(5-3-14)26-19(21,22)23;13-12(14,15)17-11-3-1-9(2-4-11)10-5-7-16-8-6-10;1-10-5-2-3-6(8)7(9)4-5;2-1-4-3;;;/h2-7,12,14H,8-11H2;1-6,11,15H,7-10,12,24H2;1-4,10,16H,5-8H2;2-4H;1,3H;;;/q;;;;;2*+1;-1/p-1. The molecule has 6 aromatic carbocycles. The number of ether oxygens (including phenoxy) is 3. The molecule has 3 aliphatic rings. The van der Waals surface area contributed by atoms with Crippen molar-refractivity contribution in [3.05, 3.63) is 196 Å². The monoisotopic (exact) mass is 1260 g/mol. The van der Waals surface area contributed by atoms with E-state index in [1.807, 2.05) is 15.9 Å². The maximum Gasteiger partial charge on any atom is 1.00 e. The maximum absolute atomic E-state index is 14.2. The second-order valence-electron chi connectivity index (χ2n) is 18.5. The predicted octanol–water partition coefficient (Wildman–Crippen LogP) is 8.35. The number of rotatable bonds is 10. The van der Waals surface area contributed by atoms with E-state index in [0.717, 1.165) is 86.0 Å². The third kappa shape index (κ3) is 26.1. The first kappa shape index (κ1) is 74.3. The van der Waals surface area contributed by atoms with Crippen LogP contribution in [0.4, 0.5) is 79.8 Å². The number of halogens is 13. The van der Waals surface area contributed by atoms with Gasteiger partial charge in [0, 0.05) is 32.7 Å². The minimum atomic E-state index is -4.69. The molecule has 0 aliphatic carbocycles. The third-order valence-corrected chi connectivity index (χ3v) is 13.1. The van der Waals surface area contributed by atoms with Gasteiger partial charge in [0.25, 0.3) is 6.47 Å². The Bertz CT molecular complexity index is 3060. The van der Waals surface area contributed by atoms with Gasteiger partial charge in [-0.25, -0.2) is 27.3 Å². The van der Waals surface area contributed by atoms with Crippen molar-refractivity contribution < 1.29 is 190 Å². The van der Waals surface area contributed by atoms with Crippen LogP contribution in [0.15, 0.2) is 127 Å². The fourth-order valence-electron chi connectivity index (χ4n) is 9.20. The number of nitrogens with two attached hydrogens (primary N) is 1. The molecule has 3 N–H and O–H groups in total. The van der Waals surface area contributed by atoms with E-state index in [9.17, 15) is 57.1 Å². The summed E-state index contributed by atoms with van der Waals surface area (Å²) in [5, 5.41) is 11.7. The Morgan fingerprint density at radius 3 is 1.15 bits per heavy atom. The molecule has 9 rings (SSSR count). The molecule has 85 heavy (non-hydrogen) atoms. The summed E-state index contributed by atoms with van der Waals surface area (Å²) in [6.07, 6.45) is -8.80. The Morgan fingerprint density at radius 2 is 0.847 bits per heavy atom. The summed E-state index contributed by atoms with van der Waals surface area (Å²) in [4.78, 5) is 21.3. The summed E-state index contributed by atoms with van der Waals surface area (Å²) >= 11 is 0. The first-order valence-corrected chi connectivity index (χ1v) is 25.4. The molecule has 0 saturated carbocycles. The zero-order chi connectivity index (χ0) is 60.7. The van der Waals surface area contributed by atoms with Gasteiger partial charge in [0.15, 0.2) is 17.2 Å². The van der Waals surface area contributed by atoms with Crippen LogP contribution in [-0.2, 0) is 16.2 Å². The summed E-state index contributed by atoms with van der Waals surface area (Å²) in [5.41, 5.74) is 10.7. The number of hydrogen-bond donors (Lipinski definition) is 2. The average molecular weight is 1260 g/mol. The van der Waals surface area contributed by atoms with E-state index in [-0.39, 0.29) is 157 Å². The maximum atomic E-state index is 14.2. The van der Waals surface area contributed by atoms with Gasteiger partial charge in [-0.1, -0.05) is 54.6 Å². The van der Waals surface area contributed by atoms with Crippen molar-refractivity contribution >= 4 is 29.2 Å². The van der Waals surface area contributed by atoms with Crippen LogP contribution in [0.3, 0.4) is 0 Å². The Morgan fingerprint density at radius 1 is 0.518 bits per heavy atom. The van der Waals surface area contributed by atoms with Crippen LogP contribution in [0, 0.1) is 36.4 Å². The fraction of sp³-hybridized carbons (Fsp3) is 0.328. The van der Waals surface area contributed by atoms with Crippen LogP contribution in [0.25, 0.3) is 9.69 Å². The van der Waals surface area contributed by atoms with E-state index >= 15 is 0 Å². The van der Waals surface area contributed by atoms with Crippen LogP contribution in [0.1, 0.15) is 80.0 Å². The van der Waals surface area contributed by atoms with Gasteiger partial charge < -0.3 is 46.6 Å². The second kappa shape index (κ2) is 36.4. The summed E-state index contributed by atoms with van der Waals surface area (Å²) in [7, 11) is 0. The van der Waals surface area contributed by atoms with Gasteiger partial charge in [0.1, 0.15) is 34.7 Å². The number of carbonyl (C=O) groups excluding carboxylic acids is 1. The molecular formula is C58H55F13K2N6O6. The molecule has 3 fully saturated rings. The number of benzene rings is 6. The van der Waals surface area contributed by atoms with Crippen LogP contribution < -0.4 is 143 Å². The molecule has 6 aromatic rings. The zero-order valence-corrected chi connectivity index (χ0v) is 52.1. The third-order valence-electron chi connectivity index (χ3n) is 13.1. The predicted molar refractivity (Wildman–Crippen MR) is 280 cm³/mol. The molecule has 446 valence electrons. The van der Waals surface area contributed by atoms with E-state index in [0.29, 0.717) is 50.0 Å². The van der Waals surface area contributed by atoms with Crippen molar-refractivity contribution in [1.82, 2.24) is 5.32 Å². The van der Waals surface area contributed by atoms with Crippen LogP contribution in [-0.4, -0.2) is 64.8 Å². The molecule has 3 heterocycles. The zero-order valence-electron chi connectivity index (χ0n) is 46.9. The fourth-order valence-corrected chi connectivity index (χ4v) is 9.20. The SMILES string of the molecule is FC(F)(F)Oc1ccc(C2CCNCC2)cc1.NCc1ccc(N2CCC(c3ccc(OC(F)(F)F)cc3)CC2)c(F)c1.O=CO[O-].[C-]#[N+]c1ccc(F)c(F)c1.[C-]#[N+]c1ccc(N2CCC(c3ccc(OC(F)(F)F)cc3)CC2)c(F)c1.[H-].[K+].[K+]. The molecule has 0 bridgehead atoms. The van der Waals surface area contributed by atoms with Gasteiger partial charge in [-0.15, -0.1) is 39.5 Å². The molecule has 3 aliphatic heterocycles. The Labute approximate surface area is 568 Å². The number of carbonyl (C=O) groups is 1. The molecule has 27 heteroatoms. The van der Waals surface area contributed by atoms with Gasteiger partial charge in [0.05, 0.1) is 24.5 Å². The van der Waals surface area contributed by atoms with Gasteiger partial charge in [-0.05, 0) is 164 Å². The minimum absolute atomic E-state index is 0. The minimum Gasteiger partial charge on any atom is -1.00 e. The number of alkyl halides is 9. The molecule has 3 saturated heterocycles. The number of piperidine rings is 3. The molecule has 0 amide bonds. The largest absolute Gasteiger partial charge is 1.00 e. The smallest absolute Gasteiger partial charge is 1.00 e. The van der Waals surface area contributed by atoms with Crippen LogP contribution >= 0.6 is 0 Å². The van der Waals surface area contributed by atoms with Gasteiger partial charge >= 0.3 is 122 Å². The van der Waals surface area contributed by atoms with Crippen LogP contribution in [0.2, 0.25) is 0 Å². The average Bonchev–Trinajstić information content (AvgIpc) is 2.64. The topological polar surface area (TPSA) is 130 Å². The normalized spacial score (nSPS) is 14.6. The molecule has 0 unspecified atom stereocenters. The van der Waals surface area contributed by atoms with Crippen molar-refractivity contribution in [3.63, 3.8) is 0 Å². The number of nitrogens with one attached hydrogen (secondary N) is 1. The Hall–Kier alpha value is -4.99. The van der Waals surface area contributed by atoms with Gasteiger partial charge in [0.2, 0.25) is 0 Å². The molecule has 0 spiro atoms. The van der Waals surface area contributed by atoms with Crippen molar-refractivity contribution in [2.75, 3.05) is 49.1 Å². The Kier molecular flexibility index (Phi) is 31.8.